The highest BCUT2D eigenvalue weighted by Gasteiger charge is 2.25. The van der Waals surface area contributed by atoms with E-state index in [1.54, 1.807) is 21.1 Å². The maximum Gasteiger partial charge on any atom is 0.306 e. The SMILES string of the molecule is CC/C=C/C/C=C/C/C=C/CCCCCCCCC(=O)OC(COCCC(C(=O)[O-])[N+](C)(C)C)COC(=O)CCCCCCCCCCCCC. The van der Waals surface area contributed by atoms with E-state index < -0.39 is 18.1 Å². The maximum atomic E-state index is 12.7. The summed E-state index contributed by atoms with van der Waals surface area (Å²) in [7, 11) is 5.39. The Kier molecular flexibility index (Phi) is 33.0. The number of carboxylic acids is 1. The fraction of sp³-hybridized carbons (Fsp3) is 0.791. The molecule has 8 nitrogen and oxygen atoms in total. The Morgan fingerprint density at radius 1 is 0.608 bits per heavy atom. The van der Waals surface area contributed by atoms with Gasteiger partial charge in [-0.1, -0.05) is 140 Å². The summed E-state index contributed by atoms with van der Waals surface area (Å²) in [5.41, 5.74) is 0. The Labute approximate surface area is 313 Å². The molecule has 0 spiro atoms. The van der Waals surface area contributed by atoms with Crippen molar-refractivity contribution in [2.24, 2.45) is 0 Å². The number of aliphatic carboxylic acids is 1. The zero-order chi connectivity index (χ0) is 37.8. The number of carbonyl (C=O) groups is 3. The predicted octanol–water partition coefficient (Wildman–Crippen LogP) is 9.35. The van der Waals surface area contributed by atoms with Crippen LogP contribution in [0.2, 0.25) is 0 Å². The Hall–Kier alpha value is -2.45. The molecule has 0 rings (SSSR count). The molecule has 0 amide bonds. The van der Waals surface area contributed by atoms with Crippen LogP contribution in [0.5, 0.6) is 0 Å². The summed E-state index contributed by atoms with van der Waals surface area (Å²) < 4.78 is 17.1. The summed E-state index contributed by atoms with van der Waals surface area (Å²) >= 11 is 0. The molecule has 0 bridgehead atoms. The van der Waals surface area contributed by atoms with Crippen molar-refractivity contribution in [2.75, 3.05) is 41.0 Å². The third-order valence-corrected chi connectivity index (χ3v) is 9.04. The lowest BCUT2D eigenvalue weighted by molar-refractivity contribution is -0.889. The average Bonchev–Trinajstić information content (AvgIpc) is 3.08. The zero-order valence-corrected chi connectivity index (χ0v) is 33.5. The van der Waals surface area contributed by atoms with Crippen molar-refractivity contribution in [1.82, 2.24) is 0 Å². The Balaban J connectivity index is 4.40. The lowest BCUT2D eigenvalue weighted by Crippen LogP contribution is -2.55. The monoisotopic (exact) mass is 720 g/mol. The first-order valence-electron chi connectivity index (χ1n) is 20.5. The van der Waals surface area contributed by atoms with Crippen LogP contribution < -0.4 is 5.11 Å². The summed E-state index contributed by atoms with van der Waals surface area (Å²) in [5.74, 6) is -1.75. The fourth-order valence-electron chi connectivity index (χ4n) is 5.85. The molecule has 2 unspecified atom stereocenters. The number of rotatable bonds is 36. The topological polar surface area (TPSA) is 102 Å². The van der Waals surface area contributed by atoms with E-state index in [9.17, 15) is 19.5 Å². The normalized spacial score (nSPS) is 13.4. The zero-order valence-electron chi connectivity index (χ0n) is 33.5. The molecular weight excluding hydrogens is 642 g/mol. The first-order chi connectivity index (χ1) is 24.6. The highest BCUT2D eigenvalue weighted by molar-refractivity contribution is 5.70. The molecule has 0 aliphatic rings. The number of carbonyl (C=O) groups excluding carboxylic acids is 3. The van der Waals surface area contributed by atoms with Crippen LogP contribution in [0.25, 0.3) is 0 Å². The lowest BCUT2D eigenvalue weighted by atomic mass is 10.1. The molecule has 0 radical (unpaired) electrons. The minimum atomic E-state index is -1.13. The summed E-state index contributed by atoms with van der Waals surface area (Å²) in [6.45, 7) is 4.52. The van der Waals surface area contributed by atoms with Gasteiger partial charge in [-0.25, -0.2) is 0 Å². The van der Waals surface area contributed by atoms with Crippen LogP contribution >= 0.6 is 0 Å². The number of unbranched alkanes of at least 4 members (excludes halogenated alkanes) is 16. The molecule has 0 saturated carbocycles. The van der Waals surface area contributed by atoms with E-state index in [1.807, 2.05) is 0 Å². The van der Waals surface area contributed by atoms with Crippen LogP contribution in [-0.2, 0) is 28.6 Å². The number of carboxylic acid groups (broad SMARTS) is 1. The molecule has 51 heavy (non-hydrogen) atoms. The molecule has 0 fully saturated rings. The van der Waals surface area contributed by atoms with E-state index in [4.69, 9.17) is 14.2 Å². The van der Waals surface area contributed by atoms with Gasteiger partial charge in [0.15, 0.2) is 6.10 Å². The van der Waals surface area contributed by atoms with Crippen molar-refractivity contribution in [3.63, 3.8) is 0 Å². The van der Waals surface area contributed by atoms with E-state index in [1.165, 1.54) is 64.2 Å². The maximum absolute atomic E-state index is 12.7. The van der Waals surface area contributed by atoms with Gasteiger partial charge in [0, 0.05) is 19.3 Å². The van der Waals surface area contributed by atoms with Crippen molar-refractivity contribution < 1.29 is 38.2 Å². The standard InChI is InChI=1S/C43H77NO7/c1-6-8-10-12-14-16-18-19-20-21-22-24-26-28-30-32-34-42(46)51-39(37-49-36-35-40(43(47)48)44(3,4)5)38-50-41(45)33-31-29-27-25-23-17-15-13-11-9-7-2/h8,10,14,16,19-20,39-40H,6-7,9,11-13,15,17-18,21-38H2,1-5H3/b10-8+,16-14+,20-19+. The largest absolute Gasteiger partial charge is 0.544 e. The second-order valence-corrected chi connectivity index (χ2v) is 14.8. The number of esters is 2. The van der Waals surface area contributed by atoms with Gasteiger partial charge in [-0.15, -0.1) is 0 Å². The number of allylic oxidation sites excluding steroid dienone is 6. The molecule has 0 heterocycles. The van der Waals surface area contributed by atoms with Crippen LogP contribution in [0.15, 0.2) is 36.5 Å². The van der Waals surface area contributed by atoms with Crippen molar-refractivity contribution in [3.05, 3.63) is 36.5 Å². The van der Waals surface area contributed by atoms with Crippen LogP contribution in [0.1, 0.15) is 168 Å². The highest BCUT2D eigenvalue weighted by Crippen LogP contribution is 2.14. The van der Waals surface area contributed by atoms with Gasteiger partial charge in [0.2, 0.25) is 0 Å². The number of nitrogens with zero attached hydrogens (tertiary/aromatic N) is 1. The van der Waals surface area contributed by atoms with Crippen LogP contribution in [0.3, 0.4) is 0 Å². The van der Waals surface area contributed by atoms with Crippen LogP contribution in [0.4, 0.5) is 0 Å². The number of likely N-dealkylation sites (N-methyl/N-ethyl adjacent to an activating group) is 1. The second kappa shape index (κ2) is 34.6. The third-order valence-electron chi connectivity index (χ3n) is 9.04. The van der Waals surface area contributed by atoms with E-state index in [2.05, 4.69) is 50.3 Å². The van der Waals surface area contributed by atoms with Gasteiger partial charge < -0.3 is 28.6 Å². The number of ether oxygens (including phenoxy) is 3. The smallest absolute Gasteiger partial charge is 0.306 e. The first-order valence-corrected chi connectivity index (χ1v) is 20.5. The Morgan fingerprint density at radius 3 is 1.63 bits per heavy atom. The minimum Gasteiger partial charge on any atom is -0.544 e. The van der Waals surface area contributed by atoms with E-state index in [0.717, 1.165) is 70.6 Å². The van der Waals surface area contributed by atoms with E-state index >= 15 is 0 Å². The molecule has 0 saturated heterocycles. The molecule has 8 heteroatoms. The van der Waals surface area contributed by atoms with Crippen LogP contribution in [-0.4, -0.2) is 75.5 Å². The molecule has 2 atom stereocenters. The van der Waals surface area contributed by atoms with Crippen molar-refractivity contribution in [3.8, 4) is 0 Å². The number of quaternary nitrogens is 1. The van der Waals surface area contributed by atoms with Gasteiger partial charge in [-0.2, -0.15) is 0 Å². The van der Waals surface area contributed by atoms with E-state index in [-0.39, 0.29) is 42.7 Å². The molecular formula is C43H77NO7. The third kappa shape index (κ3) is 33.2. The van der Waals surface area contributed by atoms with Gasteiger partial charge >= 0.3 is 11.9 Å². The summed E-state index contributed by atoms with van der Waals surface area (Å²) in [6, 6.07) is -0.726. The Morgan fingerprint density at radius 2 is 1.10 bits per heavy atom. The fourth-order valence-corrected chi connectivity index (χ4v) is 5.85. The predicted molar refractivity (Wildman–Crippen MR) is 208 cm³/mol. The van der Waals surface area contributed by atoms with Crippen molar-refractivity contribution in [1.29, 1.82) is 0 Å². The van der Waals surface area contributed by atoms with Crippen molar-refractivity contribution >= 4 is 17.9 Å². The number of hydrogen-bond donors (Lipinski definition) is 0. The second-order valence-electron chi connectivity index (χ2n) is 14.8. The van der Waals surface area contributed by atoms with Gasteiger partial charge in [0.1, 0.15) is 12.6 Å². The molecule has 0 N–H and O–H groups in total. The van der Waals surface area contributed by atoms with Gasteiger partial charge in [0.25, 0.3) is 0 Å². The van der Waals surface area contributed by atoms with Crippen molar-refractivity contribution in [2.45, 2.75) is 180 Å². The summed E-state index contributed by atoms with van der Waals surface area (Å²) in [6.07, 6.45) is 37.3. The average molecular weight is 720 g/mol. The lowest BCUT2D eigenvalue weighted by Gasteiger charge is -2.34. The summed E-state index contributed by atoms with van der Waals surface area (Å²) in [4.78, 5) is 36.7. The molecule has 296 valence electrons. The summed E-state index contributed by atoms with van der Waals surface area (Å²) in [5, 5.41) is 11.6. The van der Waals surface area contributed by atoms with E-state index in [0.29, 0.717) is 12.8 Å². The quantitative estimate of drug-likeness (QED) is 0.0275. The van der Waals surface area contributed by atoms with Crippen LogP contribution in [0, 0.1) is 0 Å². The van der Waals surface area contributed by atoms with Gasteiger partial charge in [-0.3, -0.25) is 9.59 Å². The molecule has 0 aromatic rings. The molecule has 0 aromatic carbocycles. The van der Waals surface area contributed by atoms with Gasteiger partial charge in [0.05, 0.1) is 40.3 Å². The minimum absolute atomic E-state index is 0.0371. The Bertz CT molecular complexity index is 937. The molecule has 0 aliphatic heterocycles. The number of hydrogen-bond acceptors (Lipinski definition) is 7. The molecule has 0 aromatic heterocycles. The van der Waals surface area contributed by atoms with Gasteiger partial charge in [-0.05, 0) is 44.9 Å². The molecule has 0 aliphatic carbocycles. The first kappa shape index (κ1) is 48.5. The highest BCUT2D eigenvalue weighted by atomic mass is 16.6.